The maximum absolute atomic E-state index is 12.7. The van der Waals surface area contributed by atoms with Gasteiger partial charge in [-0.05, 0) is 36.9 Å². The fourth-order valence-corrected chi connectivity index (χ4v) is 3.50. The first-order valence-electron chi connectivity index (χ1n) is 9.99. The first-order chi connectivity index (χ1) is 14.2. The monoisotopic (exact) mass is 387 g/mol. The molecule has 1 aromatic carbocycles. The van der Waals surface area contributed by atoms with Crippen molar-refractivity contribution < 1.29 is 4.79 Å². The average molecular weight is 387 g/mol. The number of nitrogens with zero attached hydrogens (tertiary/aromatic N) is 5. The summed E-state index contributed by atoms with van der Waals surface area (Å²) >= 11 is 0. The molecular weight excluding hydrogens is 362 g/mol. The van der Waals surface area contributed by atoms with E-state index in [9.17, 15) is 4.79 Å². The van der Waals surface area contributed by atoms with E-state index in [4.69, 9.17) is 5.10 Å². The summed E-state index contributed by atoms with van der Waals surface area (Å²) in [5.41, 5.74) is 3.59. The lowest BCUT2D eigenvalue weighted by Crippen LogP contribution is -2.48. The molecule has 0 bridgehead atoms. The first kappa shape index (κ1) is 19.1. The number of likely N-dealkylation sites (N-methyl/N-ethyl adjacent to an activating group) is 1. The molecule has 1 amide bonds. The topological polar surface area (TPSA) is 54.3 Å². The Morgan fingerprint density at radius 2 is 1.86 bits per heavy atom. The SMILES string of the molecule is CCN1CCN(C(=O)C=Cc2cn(-c3ccccc3)nc2-c2cccnc2)CC1. The summed E-state index contributed by atoms with van der Waals surface area (Å²) < 4.78 is 1.84. The summed E-state index contributed by atoms with van der Waals surface area (Å²) in [5, 5.41) is 4.76. The Balaban J connectivity index is 1.59. The lowest BCUT2D eigenvalue weighted by atomic mass is 10.1. The van der Waals surface area contributed by atoms with Crippen LogP contribution < -0.4 is 0 Å². The van der Waals surface area contributed by atoms with Crippen LogP contribution in [0.2, 0.25) is 0 Å². The highest BCUT2D eigenvalue weighted by Crippen LogP contribution is 2.24. The number of para-hydroxylation sites is 1. The maximum Gasteiger partial charge on any atom is 0.246 e. The summed E-state index contributed by atoms with van der Waals surface area (Å²) in [6, 6.07) is 13.8. The molecule has 1 aliphatic rings. The van der Waals surface area contributed by atoms with Crippen LogP contribution in [0.1, 0.15) is 12.5 Å². The molecular formula is C23H25N5O. The Kier molecular flexibility index (Phi) is 5.81. The number of carbonyl (C=O) groups excluding carboxylic acids is 1. The second kappa shape index (κ2) is 8.84. The fourth-order valence-electron chi connectivity index (χ4n) is 3.50. The van der Waals surface area contributed by atoms with E-state index in [1.54, 1.807) is 18.5 Å². The van der Waals surface area contributed by atoms with Crippen LogP contribution in [0, 0.1) is 0 Å². The van der Waals surface area contributed by atoms with E-state index in [0.29, 0.717) is 0 Å². The van der Waals surface area contributed by atoms with Crippen LogP contribution in [-0.4, -0.2) is 63.2 Å². The fraction of sp³-hybridized carbons (Fsp3) is 0.261. The van der Waals surface area contributed by atoms with Crippen molar-refractivity contribution in [2.75, 3.05) is 32.7 Å². The highest BCUT2D eigenvalue weighted by molar-refractivity contribution is 5.93. The summed E-state index contributed by atoms with van der Waals surface area (Å²) in [6.45, 7) is 6.60. The van der Waals surface area contributed by atoms with Crippen molar-refractivity contribution >= 4 is 12.0 Å². The highest BCUT2D eigenvalue weighted by atomic mass is 16.2. The second-order valence-corrected chi connectivity index (χ2v) is 7.05. The van der Waals surface area contributed by atoms with Crippen molar-refractivity contribution in [3.63, 3.8) is 0 Å². The molecule has 1 fully saturated rings. The third-order valence-corrected chi connectivity index (χ3v) is 5.23. The third kappa shape index (κ3) is 4.43. The molecule has 148 valence electrons. The number of rotatable bonds is 5. The Morgan fingerprint density at radius 1 is 1.07 bits per heavy atom. The molecule has 3 heterocycles. The molecule has 1 aliphatic heterocycles. The summed E-state index contributed by atoms with van der Waals surface area (Å²) in [7, 11) is 0. The normalized spacial score (nSPS) is 15.1. The number of amides is 1. The number of hydrogen-bond acceptors (Lipinski definition) is 4. The summed E-state index contributed by atoms with van der Waals surface area (Å²) in [5.74, 6) is 0.0466. The van der Waals surface area contributed by atoms with Gasteiger partial charge in [-0.15, -0.1) is 0 Å². The van der Waals surface area contributed by atoms with Crippen LogP contribution in [0.4, 0.5) is 0 Å². The van der Waals surface area contributed by atoms with E-state index in [1.165, 1.54) is 0 Å². The van der Waals surface area contributed by atoms with E-state index >= 15 is 0 Å². The molecule has 29 heavy (non-hydrogen) atoms. The van der Waals surface area contributed by atoms with E-state index in [2.05, 4.69) is 16.8 Å². The number of aromatic nitrogens is 3. The van der Waals surface area contributed by atoms with Gasteiger partial charge in [0.25, 0.3) is 0 Å². The lowest BCUT2D eigenvalue weighted by molar-refractivity contribution is -0.127. The zero-order valence-corrected chi connectivity index (χ0v) is 16.6. The van der Waals surface area contributed by atoms with E-state index in [-0.39, 0.29) is 5.91 Å². The second-order valence-electron chi connectivity index (χ2n) is 7.05. The molecule has 1 saturated heterocycles. The van der Waals surface area contributed by atoms with Crippen molar-refractivity contribution in [3.8, 4) is 16.9 Å². The molecule has 0 N–H and O–H groups in total. The van der Waals surface area contributed by atoms with E-state index < -0.39 is 0 Å². The first-order valence-corrected chi connectivity index (χ1v) is 9.99. The van der Waals surface area contributed by atoms with Gasteiger partial charge in [0.05, 0.1) is 5.69 Å². The zero-order chi connectivity index (χ0) is 20.1. The van der Waals surface area contributed by atoms with Crippen LogP contribution in [0.3, 0.4) is 0 Å². The predicted molar refractivity (Wildman–Crippen MR) is 115 cm³/mol. The number of carbonyl (C=O) groups is 1. The minimum atomic E-state index is 0.0466. The van der Waals surface area contributed by atoms with E-state index in [1.807, 2.05) is 64.3 Å². The van der Waals surface area contributed by atoms with Gasteiger partial charge in [-0.1, -0.05) is 25.1 Å². The minimum absolute atomic E-state index is 0.0466. The number of hydrogen-bond donors (Lipinski definition) is 0. The van der Waals surface area contributed by atoms with Crippen LogP contribution >= 0.6 is 0 Å². The van der Waals surface area contributed by atoms with Gasteiger partial charge in [0.2, 0.25) is 5.91 Å². The van der Waals surface area contributed by atoms with Crippen LogP contribution in [0.25, 0.3) is 23.0 Å². The molecule has 0 spiro atoms. The molecule has 3 aromatic rings. The standard InChI is InChI=1S/C23H25N5O/c1-2-26-13-15-27(16-14-26)22(29)11-10-20-18-28(21-8-4-3-5-9-21)25-23(20)19-7-6-12-24-17-19/h3-12,17-18H,2,13-16H2,1H3. The van der Waals surface area contributed by atoms with Crippen molar-refractivity contribution in [2.24, 2.45) is 0 Å². The van der Waals surface area contributed by atoms with Crippen molar-refractivity contribution in [1.82, 2.24) is 24.6 Å². The quantitative estimate of drug-likeness (QED) is 0.631. The number of benzene rings is 1. The molecule has 0 atom stereocenters. The van der Waals surface area contributed by atoms with Gasteiger partial charge in [-0.2, -0.15) is 5.10 Å². The Hall–Kier alpha value is -3.25. The zero-order valence-electron chi connectivity index (χ0n) is 16.6. The van der Waals surface area contributed by atoms with Gasteiger partial charge in [-0.3, -0.25) is 9.78 Å². The van der Waals surface area contributed by atoms with Crippen LogP contribution in [-0.2, 0) is 4.79 Å². The lowest BCUT2D eigenvalue weighted by Gasteiger charge is -2.33. The molecule has 0 unspecified atom stereocenters. The summed E-state index contributed by atoms with van der Waals surface area (Å²) in [6.07, 6.45) is 9.01. The highest BCUT2D eigenvalue weighted by Gasteiger charge is 2.18. The van der Waals surface area contributed by atoms with Crippen LogP contribution in [0.15, 0.2) is 67.1 Å². The largest absolute Gasteiger partial charge is 0.337 e. The maximum atomic E-state index is 12.7. The van der Waals surface area contributed by atoms with E-state index in [0.717, 1.165) is 55.2 Å². The molecule has 0 radical (unpaired) electrons. The molecule has 0 aliphatic carbocycles. The van der Waals surface area contributed by atoms with Gasteiger partial charge in [0, 0.05) is 62.0 Å². The third-order valence-electron chi connectivity index (χ3n) is 5.23. The Bertz CT molecular complexity index is 973. The number of piperazine rings is 1. The van der Waals surface area contributed by atoms with Gasteiger partial charge < -0.3 is 9.80 Å². The average Bonchev–Trinajstić information content (AvgIpc) is 3.23. The van der Waals surface area contributed by atoms with Gasteiger partial charge >= 0.3 is 0 Å². The number of pyridine rings is 1. The Morgan fingerprint density at radius 3 is 2.55 bits per heavy atom. The predicted octanol–water partition coefficient (Wildman–Crippen LogP) is 3.11. The molecule has 2 aromatic heterocycles. The van der Waals surface area contributed by atoms with Gasteiger partial charge in [-0.25, -0.2) is 4.68 Å². The molecule has 4 rings (SSSR count). The van der Waals surface area contributed by atoms with Crippen LogP contribution in [0.5, 0.6) is 0 Å². The van der Waals surface area contributed by atoms with Crippen molar-refractivity contribution in [1.29, 1.82) is 0 Å². The van der Waals surface area contributed by atoms with Crippen molar-refractivity contribution in [3.05, 3.63) is 72.7 Å². The Labute approximate surface area is 171 Å². The van der Waals surface area contributed by atoms with Gasteiger partial charge in [0.15, 0.2) is 0 Å². The summed E-state index contributed by atoms with van der Waals surface area (Å²) in [4.78, 5) is 21.2. The molecule has 6 heteroatoms. The molecule has 0 saturated carbocycles. The molecule has 6 nitrogen and oxygen atoms in total. The van der Waals surface area contributed by atoms with Crippen molar-refractivity contribution in [2.45, 2.75) is 6.92 Å². The van der Waals surface area contributed by atoms with Gasteiger partial charge in [0.1, 0.15) is 5.69 Å². The minimum Gasteiger partial charge on any atom is -0.337 e. The smallest absolute Gasteiger partial charge is 0.246 e.